The van der Waals surface area contributed by atoms with Crippen molar-refractivity contribution in [2.24, 2.45) is 5.92 Å². The van der Waals surface area contributed by atoms with Gasteiger partial charge in [-0.2, -0.15) is 0 Å². The van der Waals surface area contributed by atoms with Crippen molar-refractivity contribution in [2.45, 2.75) is 38.4 Å². The van der Waals surface area contributed by atoms with Crippen LogP contribution in [0.4, 0.5) is 0 Å². The van der Waals surface area contributed by atoms with Crippen molar-refractivity contribution in [3.63, 3.8) is 0 Å². The van der Waals surface area contributed by atoms with E-state index in [9.17, 15) is 5.11 Å². The Kier molecular flexibility index (Phi) is 3.78. The third-order valence-corrected chi connectivity index (χ3v) is 4.00. The van der Waals surface area contributed by atoms with Gasteiger partial charge in [-0.25, -0.2) is 0 Å². The fourth-order valence-corrected chi connectivity index (χ4v) is 2.88. The van der Waals surface area contributed by atoms with Gasteiger partial charge in [0.15, 0.2) is 0 Å². The van der Waals surface area contributed by atoms with E-state index in [1.807, 2.05) is 24.4 Å². The van der Waals surface area contributed by atoms with Crippen LogP contribution in [0.15, 0.2) is 17.5 Å². The van der Waals surface area contributed by atoms with Crippen molar-refractivity contribution >= 4 is 11.3 Å². The molecule has 2 nitrogen and oxygen atoms in total. The molecule has 0 aliphatic heterocycles. The zero-order valence-corrected chi connectivity index (χ0v) is 9.87. The second-order valence-corrected chi connectivity index (χ2v) is 5.16. The zero-order valence-electron chi connectivity index (χ0n) is 9.06. The van der Waals surface area contributed by atoms with E-state index in [4.69, 9.17) is 4.74 Å². The van der Waals surface area contributed by atoms with Gasteiger partial charge in [0, 0.05) is 11.5 Å². The van der Waals surface area contributed by atoms with Crippen LogP contribution in [0.5, 0.6) is 0 Å². The van der Waals surface area contributed by atoms with Crippen molar-refractivity contribution in [3.8, 4) is 0 Å². The van der Waals surface area contributed by atoms with Crippen LogP contribution in [0.2, 0.25) is 0 Å². The Hall–Kier alpha value is -0.380. The summed E-state index contributed by atoms with van der Waals surface area (Å²) in [6, 6.07) is 4.00. The van der Waals surface area contributed by atoms with Crippen molar-refractivity contribution in [1.29, 1.82) is 0 Å². The SMILES string of the molecule is CCOC1CC(CC(O)c2cccs2)C1. The molecule has 15 heavy (non-hydrogen) atoms. The number of aliphatic hydroxyl groups is 1. The van der Waals surface area contributed by atoms with Crippen molar-refractivity contribution in [2.75, 3.05) is 6.61 Å². The van der Waals surface area contributed by atoms with E-state index >= 15 is 0 Å². The van der Waals surface area contributed by atoms with Crippen LogP contribution in [0.1, 0.15) is 37.2 Å². The molecule has 1 saturated carbocycles. The van der Waals surface area contributed by atoms with Crippen LogP contribution in [0, 0.1) is 5.92 Å². The standard InChI is InChI=1S/C12H18O2S/c1-2-14-10-6-9(7-10)8-11(13)12-4-3-5-15-12/h3-5,9-11,13H,2,6-8H2,1H3. The van der Waals surface area contributed by atoms with Crippen LogP contribution in [0.3, 0.4) is 0 Å². The molecular formula is C12H18O2S. The monoisotopic (exact) mass is 226 g/mol. The van der Waals surface area contributed by atoms with Gasteiger partial charge in [-0.05, 0) is 43.6 Å². The first-order chi connectivity index (χ1) is 7.29. The van der Waals surface area contributed by atoms with Gasteiger partial charge >= 0.3 is 0 Å². The summed E-state index contributed by atoms with van der Waals surface area (Å²) in [6.45, 7) is 2.85. The third kappa shape index (κ3) is 2.80. The Labute approximate surface area is 94.9 Å². The third-order valence-electron chi connectivity index (χ3n) is 3.02. The predicted octanol–water partition coefficient (Wildman–Crippen LogP) is 2.99. The Morgan fingerprint density at radius 2 is 2.40 bits per heavy atom. The van der Waals surface area contributed by atoms with Gasteiger partial charge in [-0.1, -0.05) is 6.07 Å². The van der Waals surface area contributed by atoms with E-state index in [-0.39, 0.29) is 6.10 Å². The second-order valence-electron chi connectivity index (χ2n) is 4.18. The lowest BCUT2D eigenvalue weighted by Crippen LogP contribution is -2.32. The Balaban J connectivity index is 1.71. The van der Waals surface area contributed by atoms with Crippen LogP contribution in [0.25, 0.3) is 0 Å². The average molecular weight is 226 g/mol. The highest BCUT2D eigenvalue weighted by Gasteiger charge is 2.31. The predicted molar refractivity (Wildman–Crippen MR) is 62.0 cm³/mol. The number of ether oxygens (including phenoxy) is 1. The molecule has 1 heterocycles. The van der Waals surface area contributed by atoms with E-state index in [0.717, 1.165) is 30.7 Å². The molecule has 0 saturated heterocycles. The van der Waals surface area contributed by atoms with Gasteiger partial charge in [-0.3, -0.25) is 0 Å². The summed E-state index contributed by atoms with van der Waals surface area (Å²) in [7, 11) is 0. The molecule has 1 aliphatic rings. The summed E-state index contributed by atoms with van der Waals surface area (Å²) >= 11 is 1.64. The molecule has 2 rings (SSSR count). The first-order valence-corrected chi connectivity index (χ1v) is 6.50. The fraction of sp³-hybridized carbons (Fsp3) is 0.667. The van der Waals surface area contributed by atoms with Gasteiger partial charge in [0.1, 0.15) is 0 Å². The Morgan fingerprint density at radius 1 is 1.60 bits per heavy atom. The number of thiophene rings is 1. The minimum absolute atomic E-state index is 0.266. The number of aliphatic hydroxyl groups excluding tert-OH is 1. The molecule has 1 atom stereocenters. The minimum Gasteiger partial charge on any atom is -0.388 e. The van der Waals surface area contributed by atoms with Crippen LogP contribution < -0.4 is 0 Å². The highest BCUT2D eigenvalue weighted by Crippen LogP contribution is 2.37. The molecule has 1 fully saturated rings. The first kappa shape index (κ1) is 11.1. The normalized spacial score (nSPS) is 27.3. The Morgan fingerprint density at radius 3 is 3.00 bits per heavy atom. The van der Waals surface area contributed by atoms with Gasteiger partial charge < -0.3 is 9.84 Å². The molecule has 0 bridgehead atoms. The molecular weight excluding hydrogens is 208 g/mol. The van der Waals surface area contributed by atoms with Crippen LogP contribution >= 0.6 is 11.3 Å². The smallest absolute Gasteiger partial charge is 0.0884 e. The van der Waals surface area contributed by atoms with Crippen molar-refractivity contribution in [1.82, 2.24) is 0 Å². The fourth-order valence-electron chi connectivity index (χ4n) is 2.15. The number of hydrogen-bond donors (Lipinski definition) is 1. The van der Waals surface area contributed by atoms with Crippen molar-refractivity contribution < 1.29 is 9.84 Å². The van der Waals surface area contributed by atoms with E-state index in [1.54, 1.807) is 11.3 Å². The average Bonchev–Trinajstić information content (AvgIpc) is 2.67. The summed E-state index contributed by atoms with van der Waals surface area (Å²) in [4.78, 5) is 1.09. The molecule has 84 valence electrons. The molecule has 0 radical (unpaired) electrons. The summed E-state index contributed by atoms with van der Waals surface area (Å²) in [5.74, 6) is 0.652. The Bertz CT molecular complexity index is 278. The molecule has 1 N–H and O–H groups in total. The van der Waals surface area contributed by atoms with Crippen LogP contribution in [-0.2, 0) is 4.74 Å². The van der Waals surface area contributed by atoms with Gasteiger partial charge in [0.2, 0.25) is 0 Å². The van der Waals surface area contributed by atoms with Gasteiger partial charge in [0.25, 0.3) is 0 Å². The molecule has 1 aromatic rings. The lowest BCUT2D eigenvalue weighted by Gasteiger charge is -2.35. The molecule has 0 aromatic carbocycles. The van der Waals surface area contributed by atoms with E-state index in [0.29, 0.717) is 12.0 Å². The van der Waals surface area contributed by atoms with E-state index in [1.165, 1.54) is 0 Å². The molecule has 1 aliphatic carbocycles. The van der Waals surface area contributed by atoms with Gasteiger partial charge in [0.05, 0.1) is 12.2 Å². The zero-order chi connectivity index (χ0) is 10.7. The van der Waals surface area contributed by atoms with Gasteiger partial charge in [-0.15, -0.1) is 11.3 Å². The molecule has 0 amide bonds. The summed E-state index contributed by atoms with van der Waals surface area (Å²) in [5.41, 5.74) is 0. The number of hydrogen-bond acceptors (Lipinski definition) is 3. The maximum absolute atomic E-state index is 9.93. The summed E-state index contributed by atoms with van der Waals surface area (Å²) in [5, 5.41) is 11.9. The van der Waals surface area contributed by atoms with Crippen molar-refractivity contribution in [3.05, 3.63) is 22.4 Å². The van der Waals surface area contributed by atoms with E-state index < -0.39 is 0 Å². The molecule has 1 unspecified atom stereocenters. The maximum atomic E-state index is 9.93. The first-order valence-electron chi connectivity index (χ1n) is 5.62. The quantitative estimate of drug-likeness (QED) is 0.836. The second kappa shape index (κ2) is 5.10. The molecule has 1 aromatic heterocycles. The molecule has 3 heteroatoms. The summed E-state index contributed by atoms with van der Waals surface area (Å²) in [6.07, 6.45) is 3.32. The molecule has 0 spiro atoms. The number of rotatable bonds is 5. The lowest BCUT2D eigenvalue weighted by molar-refractivity contribution is -0.0377. The highest BCUT2D eigenvalue weighted by atomic mass is 32.1. The topological polar surface area (TPSA) is 29.5 Å². The van der Waals surface area contributed by atoms with E-state index in [2.05, 4.69) is 0 Å². The highest BCUT2D eigenvalue weighted by molar-refractivity contribution is 7.10. The summed E-state index contributed by atoms with van der Waals surface area (Å²) < 4.78 is 5.50. The maximum Gasteiger partial charge on any atom is 0.0884 e. The largest absolute Gasteiger partial charge is 0.388 e. The lowest BCUT2D eigenvalue weighted by atomic mass is 9.78. The van der Waals surface area contributed by atoms with Crippen LogP contribution in [-0.4, -0.2) is 17.8 Å². The minimum atomic E-state index is -0.266.